The van der Waals surface area contributed by atoms with Crippen molar-refractivity contribution in [3.63, 3.8) is 0 Å². The normalized spacial score (nSPS) is 26.6. The van der Waals surface area contributed by atoms with Gasteiger partial charge < -0.3 is 10.6 Å². The Hall–Kier alpha value is -0.730. The first-order chi connectivity index (χ1) is 6.40. The summed E-state index contributed by atoms with van der Waals surface area (Å²) in [5, 5.41) is 5.51. The quantitative estimate of drug-likeness (QED) is 0.701. The Morgan fingerprint density at radius 2 is 1.93 bits per heavy atom. The second-order valence-electron chi connectivity index (χ2n) is 5.52. The van der Waals surface area contributed by atoms with E-state index < -0.39 is 0 Å². The number of hydrogen-bond acceptors (Lipinski definition) is 1. The van der Waals surface area contributed by atoms with Crippen molar-refractivity contribution in [2.45, 2.75) is 46.1 Å². The molecule has 3 heteroatoms. The summed E-state index contributed by atoms with van der Waals surface area (Å²) in [6, 6.07) is 0.353. The van der Waals surface area contributed by atoms with Crippen molar-refractivity contribution in [3.8, 4) is 0 Å². The summed E-state index contributed by atoms with van der Waals surface area (Å²) in [6.07, 6.45) is 3.55. The van der Waals surface area contributed by atoms with Crippen LogP contribution in [0.4, 0.5) is 4.79 Å². The van der Waals surface area contributed by atoms with Gasteiger partial charge in [0.15, 0.2) is 0 Å². The van der Waals surface area contributed by atoms with Crippen LogP contribution in [0.5, 0.6) is 0 Å². The van der Waals surface area contributed by atoms with E-state index in [1.165, 1.54) is 6.42 Å². The molecule has 0 spiro atoms. The van der Waals surface area contributed by atoms with Gasteiger partial charge in [0, 0.05) is 13.1 Å². The first-order valence-corrected chi connectivity index (χ1v) is 5.39. The van der Waals surface area contributed by atoms with E-state index in [-0.39, 0.29) is 6.03 Å². The van der Waals surface area contributed by atoms with Gasteiger partial charge in [-0.3, -0.25) is 0 Å². The number of carbonyl (C=O) groups is 1. The average molecular weight is 198 g/mol. The fraction of sp³-hybridized carbons (Fsp3) is 0.909. The maximum atomic E-state index is 11.0. The van der Waals surface area contributed by atoms with Gasteiger partial charge in [-0.25, -0.2) is 4.79 Å². The number of nitrogens with one attached hydrogen (secondary N) is 2. The van der Waals surface area contributed by atoms with E-state index >= 15 is 0 Å². The predicted molar refractivity (Wildman–Crippen MR) is 58.2 cm³/mol. The van der Waals surface area contributed by atoms with Gasteiger partial charge in [0.1, 0.15) is 0 Å². The highest BCUT2D eigenvalue weighted by Crippen LogP contribution is 2.37. The maximum Gasteiger partial charge on any atom is 0.314 e. The van der Waals surface area contributed by atoms with Crippen LogP contribution in [0.15, 0.2) is 0 Å². The average Bonchev–Trinajstić information content (AvgIpc) is 1.97. The Balaban J connectivity index is 2.15. The lowest BCUT2D eigenvalue weighted by atomic mass is 9.71. The van der Waals surface area contributed by atoms with Crippen LogP contribution < -0.4 is 10.6 Å². The number of carbonyl (C=O) groups excluding carboxylic acids is 1. The molecule has 0 atom stereocenters. The minimum Gasteiger partial charge on any atom is -0.341 e. The molecule has 1 aliphatic carbocycles. The van der Waals surface area contributed by atoms with E-state index in [9.17, 15) is 4.79 Å². The molecule has 3 nitrogen and oxygen atoms in total. The van der Waals surface area contributed by atoms with Crippen molar-refractivity contribution in [3.05, 3.63) is 0 Å². The summed E-state index contributed by atoms with van der Waals surface area (Å²) in [5.41, 5.74) is 0.419. The summed E-state index contributed by atoms with van der Waals surface area (Å²) < 4.78 is 0. The van der Waals surface area contributed by atoms with Gasteiger partial charge in [0.2, 0.25) is 0 Å². The first-order valence-electron chi connectivity index (χ1n) is 5.39. The third kappa shape index (κ3) is 3.56. The Morgan fingerprint density at radius 3 is 2.36 bits per heavy atom. The smallest absolute Gasteiger partial charge is 0.314 e. The maximum absolute atomic E-state index is 11.0. The lowest BCUT2D eigenvalue weighted by molar-refractivity contribution is 0.159. The molecule has 1 rings (SSSR count). The molecular formula is C11H22N2O. The number of hydrogen-bond donors (Lipinski definition) is 2. The Morgan fingerprint density at radius 1 is 1.36 bits per heavy atom. The number of urea groups is 1. The molecule has 0 unspecified atom stereocenters. The molecule has 2 N–H and O–H groups in total. The molecule has 0 aromatic rings. The summed E-state index contributed by atoms with van der Waals surface area (Å²) in [7, 11) is 1.65. The topological polar surface area (TPSA) is 41.1 Å². The highest BCUT2D eigenvalue weighted by atomic mass is 16.2. The van der Waals surface area contributed by atoms with Crippen LogP contribution in [-0.4, -0.2) is 19.1 Å². The van der Waals surface area contributed by atoms with E-state index in [2.05, 4.69) is 31.4 Å². The highest BCUT2D eigenvalue weighted by Gasteiger charge is 2.32. The van der Waals surface area contributed by atoms with E-state index in [0.717, 1.165) is 18.8 Å². The van der Waals surface area contributed by atoms with Crippen molar-refractivity contribution < 1.29 is 4.79 Å². The SMILES string of the molecule is CNC(=O)N[C@H]1C[C@@H](CC(C)(C)C)C1. The molecule has 1 aliphatic rings. The molecule has 0 aliphatic heterocycles. The van der Waals surface area contributed by atoms with Crippen LogP contribution in [0.2, 0.25) is 0 Å². The van der Waals surface area contributed by atoms with E-state index in [0.29, 0.717) is 11.5 Å². The standard InChI is InChI=1S/C11H22N2O/c1-11(2,3)7-8-5-9(6-8)13-10(14)12-4/h8-9H,5-7H2,1-4H3,(H2,12,13,14)/t8-,9+. The zero-order chi connectivity index (χ0) is 10.8. The molecule has 0 aromatic carbocycles. The van der Waals surface area contributed by atoms with Gasteiger partial charge in [-0.1, -0.05) is 20.8 Å². The van der Waals surface area contributed by atoms with Gasteiger partial charge in [-0.05, 0) is 30.6 Å². The van der Waals surface area contributed by atoms with Crippen molar-refractivity contribution in [1.29, 1.82) is 0 Å². The van der Waals surface area contributed by atoms with Crippen LogP contribution >= 0.6 is 0 Å². The van der Waals surface area contributed by atoms with Crippen LogP contribution in [0.1, 0.15) is 40.0 Å². The van der Waals surface area contributed by atoms with E-state index in [1.54, 1.807) is 7.05 Å². The second kappa shape index (κ2) is 4.20. The van der Waals surface area contributed by atoms with Gasteiger partial charge >= 0.3 is 6.03 Å². The monoisotopic (exact) mass is 198 g/mol. The minimum absolute atomic E-state index is 0.0517. The third-order valence-electron chi connectivity index (χ3n) is 2.70. The first kappa shape index (κ1) is 11.3. The lowest BCUT2D eigenvalue weighted by Gasteiger charge is -2.39. The molecule has 1 saturated carbocycles. The predicted octanol–water partition coefficient (Wildman–Crippen LogP) is 2.13. The Bertz CT molecular complexity index is 202. The van der Waals surface area contributed by atoms with Gasteiger partial charge in [-0.2, -0.15) is 0 Å². The molecule has 2 amide bonds. The Kier molecular flexibility index (Phi) is 3.40. The fourth-order valence-electron chi connectivity index (χ4n) is 2.14. The summed E-state index contributed by atoms with van der Waals surface area (Å²) in [4.78, 5) is 11.0. The fourth-order valence-corrected chi connectivity index (χ4v) is 2.14. The van der Waals surface area contributed by atoms with Crippen molar-refractivity contribution in [2.24, 2.45) is 11.3 Å². The molecule has 82 valence electrons. The molecule has 0 heterocycles. The van der Waals surface area contributed by atoms with Gasteiger partial charge in [0.05, 0.1) is 0 Å². The Labute approximate surface area is 86.6 Å². The van der Waals surface area contributed by atoms with Crippen LogP contribution in [0.25, 0.3) is 0 Å². The summed E-state index contributed by atoms with van der Waals surface area (Å²) >= 11 is 0. The molecule has 0 aromatic heterocycles. The number of amides is 2. The summed E-state index contributed by atoms with van der Waals surface area (Å²) in [6.45, 7) is 6.81. The van der Waals surface area contributed by atoms with E-state index in [4.69, 9.17) is 0 Å². The third-order valence-corrected chi connectivity index (χ3v) is 2.70. The molecule has 0 bridgehead atoms. The molecular weight excluding hydrogens is 176 g/mol. The second-order valence-corrected chi connectivity index (χ2v) is 5.52. The van der Waals surface area contributed by atoms with Gasteiger partial charge in [-0.15, -0.1) is 0 Å². The van der Waals surface area contributed by atoms with Crippen LogP contribution in [0.3, 0.4) is 0 Å². The lowest BCUT2D eigenvalue weighted by Crippen LogP contribution is -2.48. The zero-order valence-electron chi connectivity index (χ0n) is 9.68. The zero-order valence-corrected chi connectivity index (χ0v) is 9.68. The minimum atomic E-state index is -0.0517. The van der Waals surface area contributed by atoms with E-state index in [1.807, 2.05) is 0 Å². The molecule has 0 radical (unpaired) electrons. The summed E-state index contributed by atoms with van der Waals surface area (Å²) in [5.74, 6) is 0.803. The van der Waals surface area contributed by atoms with Crippen molar-refractivity contribution >= 4 is 6.03 Å². The van der Waals surface area contributed by atoms with Gasteiger partial charge in [0.25, 0.3) is 0 Å². The highest BCUT2D eigenvalue weighted by molar-refractivity contribution is 5.73. The van der Waals surface area contributed by atoms with Crippen molar-refractivity contribution in [2.75, 3.05) is 7.05 Å². The molecule has 14 heavy (non-hydrogen) atoms. The largest absolute Gasteiger partial charge is 0.341 e. The van der Waals surface area contributed by atoms with Crippen molar-refractivity contribution in [1.82, 2.24) is 10.6 Å². The van der Waals surface area contributed by atoms with Crippen LogP contribution in [-0.2, 0) is 0 Å². The van der Waals surface area contributed by atoms with Crippen LogP contribution in [0, 0.1) is 11.3 Å². The number of rotatable bonds is 2. The molecule has 0 saturated heterocycles. The molecule has 1 fully saturated rings.